The molecule has 1 aromatic carbocycles. The largest absolute Gasteiger partial charge is 0.469 e. The van der Waals surface area contributed by atoms with Gasteiger partial charge in [-0.1, -0.05) is 24.1 Å². The van der Waals surface area contributed by atoms with Crippen molar-refractivity contribution in [2.45, 2.75) is 19.8 Å². The van der Waals surface area contributed by atoms with Crippen LogP contribution < -0.4 is 0 Å². The van der Waals surface area contributed by atoms with Crippen LogP contribution in [0.3, 0.4) is 0 Å². The van der Waals surface area contributed by atoms with Crippen LogP contribution >= 0.6 is 0 Å². The summed E-state index contributed by atoms with van der Waals surface area (Å²) in [6, 6.07) is 6.04. The second kappa shape index (κ2) is 5.53. The lowest BCUT2D eigenvalue weighted by molar-refractivity contribution is -0.385. The highest BCUT2D eigenvalue weighted by molar-refractivity contribution is 5.81. The van der Waals surface area contributed by atoms with Gasteiger partial charge in [0.1, 0.15) is 5.92 Å². The third-order valence-electron chi connectivity index (χ3n) is 2.98. The smallest absolute Gasteiger partial charge is 0.314 e. The molecular weight excluding hydrogens is 246 g/mol. The predicted octanol–water partition coefficient (Wildman–Crippen LogP) is 2.51. The number of hydrogen-bond donors (Lipinski definition) is 0. The number of hydrogen-bond acceptors (Lipinski definition) is 4. The van der Waals surface area contributed by atoms with Crippen LogP contribution in [0.4, 0.5) is 5.69 Å². The molecule has 0 aromatic heterocycles. The number of nitro groups is 1. The molecule has 0 radical (unpaired) electrons. The molecule has 0 aliphatic carbocycles. The second-order valence-corrected chi connectivity index (χ2v) is 4.64. The number of terminal acetylenes is 1. The standard InChI is InChI=1S/C14H15NO4/c1-5-14(2,3)12(13(16)19-4)10-8-6-7-9-11(10)15(17)18/h1,6-9,12H,2-4H3. The lowest BCUT2D eigenvalue weighted by Crippen LogP contribution is -2.29. The molecule has 0 fully saturated rings. The zero-order valence-electron chi connectivity index (χ0n) is 11.0. The number of rotatable bonds is 4. The molecule has 0 bridgehead atoms. The minimum Gasteiger partial charge on any atom is -0.469 e. The fourth-order valence-corrected chi connectivity index (χ4v) is 1.91. The van der Waals surface area contributed by atoms with Crippen molar-refractivity contribution in [1.29, 1.82) is 0 Å². The Labute approximate surface area is 111 Å². The lowest BCUT2D eigenvalue weighted by atomic mass is 9.75. The summed E-state index contributed by atoms with van der Waals surface area (Å²) in [6.07, 6.45) is 5.44. The van der Waals surface area contributed by atoms with Crippen molar-refractivity contribution in [3.05, 3.63) is 39.9 Å². The third-order valence-corrected chi connectivity index (χ3v) is 2.98. The zero-order valence-corrected chi connectivity index (χ0v) is 11.0. The van der Waals surface area contributed by atoms with Gasteiger partial charge in [0.2, 0.25) is 0 Å². The van der Waals surface area contributed by atoms with Crippen LogP contribution in [0.1, 0.15) is 25.3 Å². The van der Waals surface area contributed by atoms with E-state index in [1.165, 1.54) is 19.2 Å². The number of para-hydroxylation sites is 1. The van der Waals surface area contributed by atoms with Gasteiger partial charge >= 0.3 is 5.97 Å². The van der Waals surface area contributed by atoms with E-state index in [0.29, 0.717) is 0 Å². The topological polar surface area (TPSA) is 69.4 Å². The zero-order chi connectivity index (χ0) is 14.6. The molecule has 1 rings (SSSR count). The summed E-state index contributed by atoms with van der Waals surface area (Å²) >= 11 is 0. The summed E-state index contributed by atoms with van der Waals surface area (Å²) < 4.78 is 4.73. The van der Waals surface area contributed by atoms with Gasteiger partial charge in [-0.2, -0.15) is 0 Å². The fraction of sp³-hybridized carbons (Fsp3) is 0.357. The van der Waals surface area contributed by atoms with Gasteiger partial charge in [0.25, 0.3) is 5.69 Å². The molecule has 1 unspecified atom stereocenters. The van der Waals surface area contributed by atoms with Crippen molar-refractivity contribution in [3.8, 4) is 12.3 Å². The molecular formula is C14H15NO4. The Morgan fingerprint density at radius 2 is 2.05 bits per heavy atom. The highest BCUT2D eigenvalue weighted by Crippen LogP contribution is 2.39. The summed E-state index contributed by atoms with van der Waals surface area (Å²) in [6.45, 7) is 3.34. The molecule has 5 heteroatoms. The molecule has 5 nitrogen and oxygen atoms in total. The second-order valence-electron chi connectivity index (χ2n) is 4.64. The molecule has 0 saturated heterocycles. The van der Waals surface area contributed by atoms with Crippen LogP contribution in [-0.2, 0) is 9.53 Å². The molecule has 1 atom stereocenters. The van der Waals surface area contributed by atoms with Crippen molar-refractivity contribution in [3.63, 3.8) is 0 Å². The number of esters is 1. The Morgan fingerprint density at radius 1 is 1.47 bits per heavy atom. The fourth-order valence-electron chi connectivity index (χ4n) is 1.91. The first-order valence-electron chi connectivity index (χ1n) is 5.64. The quantitative estimate of drug-likeness (QED) is 0.361. The maximum absolute atomic E-state index is 12.0. The van der Waals surface area contributed by atoms with Gasteiger partial charge in [-0.25, -0.2) is 0 Å². The first-order chi connectivity index (χ1) is 8.85. The van der Waals surface area contributed by atoms with E-state index in [1.54, 1.807) is 26.0 Å². The summed E-state index contributed by atoms with van der Waals surface area (Å²) in [5, 5.41) is 11.1. The molecule has 0 saturated carbocycles. The van der Waals surface area contributed by atoms with E-state index < -0.39 is 22.2 Å². The Bertz CT molecular complexity index is 543. The number of nitro benzene ring substituents is 1. The SMILES string of the molecule is C#CC(C)(C)C(C(=O)OC)c1ccccc1[N+](=O)[O-]. The van der Waals surface area contributed by atoms with Crippen molar-refractivity contribution >= 4 is 11.7 Å². The number of carbonyl (C=O) groups is 1. The summed E-state index contributed by atoms with van der Waals surface area (Å²) in [7, 11) is 1.23. The van der Waals surface area contributed by atoms with E-state index in [1.807, 2.05) is 0 Å². The van der Waals surface area contributed by atoms with Crippen LogP contribution in [0.5, 0.6) is 0 Å². The number of ether oxygens (including phenoxy) is 1. The molecule has 1 aromatic rings. The van der Waals surface area contributed by atoms with Gasteiger partial charge in [-0.15, -0.1) is 6.42 Å². The van der Waals surface area contributed by atoms with Gasteiger partial charge in [-0.05, 0) is 13.8 Å². The van der Waals surface area contributed by atoms with E-state index >= 15 is 0 Å². The van der Waals surface area contributed by atoms with Crippen LogP contribution in [-0.4, -0.2) is 18.0 Å². The van der Waals surface area contributed by atoms with Gasteiger partial charge in [-0.3, -0.25) is 14.9 Å². The highest BCUT2D eigenvalue weighted by atomic mass is 16.6. The minimum absolute atomic E-state index is 0.138. The normalized spacial score (nSPS) is 12.3. The molecule has 0 aliphatic heterocycles. The summed E-state index contributed by atoms with van der Waals surface area (Å²) in [5.74, 6) is 1.03. The summed E-state index contributed by atoms with van der Waals surface area (Å²) in [5.41, 5.74) is -0.761. The molecule has 19 heavy (non-hydrogen) atoms. The lowest BCUT2D eigenvalue weighted by Gasteiger charge is -2.27. The molecule has 100 valence electrons. The number of benzene rings is 1. The van der Waals surface area contributed by atoms with E-state index in [0.717, 1.165) is 0 Å². The van der Waals surface area contributed by atoms with Crippen molar-refractivity contribution < 1.29 is 14.5 Å². The number of methoxy groups -OCH3 is 1. The van der Waals surface area contributed by atoms with E-state index in [9.17, 15) is 14.9 Å². The van der Waals surface area contributed by atoms with Crippen molar-refractivity contribution in [1.82, 2.24) is 0 Å². The van der Waals surface area contributed by atoms with Gasteiger partial charge in [0.15, 0.2) is 0 Å². The average Bonchev–Trinajstić information content (AvgIpc) is 2.38. The highest BCUT2D eigenvalue weighted by Gasteiger charge is 2.39. The summed E-state index contributed by atoms with van der Waals surface area (Å²) in [4.78, 5) is 22.5. The molecule has 0 spiro atoms. The van der Waals surface area contributed by atoms with Gasteiger partial charge < -0.3 is 4.74 Å². The van der Waals surface area contributed by atoms with Crippen LogP contribution in [0.25, 0.3) is 0 Å². The van der Waals surface area contributed by atoms with E-state index in [2.05, 4.69) is 5.92 Å². The maximum Gasteiger partial charge on any atom is 0.314 e. The molecule has 0 heterocycles. The van der Waals surface area contributed by atoms with Crippen LogP contribution in [0, 0.1) is 27.9 Å². The Kier molecular flexibility index (Phi) is 4.28. The van der Waals surface area contributed by atoms with E-state index in [-0.39, 0.29) is 11.3 Å². The van der Waals surface area contributed by atoms with Crippen molar-refractivity contribution in [2.24, 2.45) is 5.41 Å². The molecule has 0 aliphatic rings. The number of carbonyl (C=O) groups excluding carboxylic acids is 1. The van der Waals surface area contributed by atoms with Gasteiger partial charge in [0, 0.05) is 17.0 Å². The minimum atomic E-state index is -0.890. The monoisotopic (exact) mass is 261 g/mol. The Morgan fingerprint density at radius 3 is 2.53 bits per heavy atom. The van der Waals surface area contributed by atoms with E-state index in [4.69, 9.17) is 11.2 Å². The Hall–Kier alpha value is -2.35. The first kappa shape index (κ1) is 14.7. The first-order valence-corrected chi connectivity index (χ1v) is 5.64. The molecule has 0 N–H and O–H groups in total. The average molecular weight is 261 g/mol. The number of nitrogens with zero attached hydrogens (tertiary/aromatic N) is 1. The predicted molar refractivity (Wildman–Crippen MR) is 70.5 cm³/mol. The van der Waals surface area contributed by atoms with Crippen molar-refractivity contribution in [2.75, 3.05) is 7.11 Å². The third kappa shape index (κ3) is 2.91. The van der Waals surface area contributed by atoms with Crippen LogP contribution in [0.15, 0.2) is 24.3 Å². The maximum atomic E-state index is 12.0. The Balaban J connectivity index is 3.48. The van der Waals surface area contributed by atoms with Gasteiger partial charge in [0.05, 0.1) is 12.0 Å². The van der Waals surface area contributed by atoms with Crippen LogP contribution in [0.2, 0.25) is 0 Å². The molecule has 0 amide bonds.